The number of carboxylic acids is 1. The number of alkyl halides is 3. The molecule has 0 aliphatic heterocycles. The van der Waals surface area contributed by atoms with Gasteiger partial charge in [-0.05, 0) is 25.8 Å². The zero-order valence-corrected chi connectivity index (χ0v) is 18.1. The molecule has 1 atom stereocenters. The second kappa shape index (κ2) is 11.4. The minimum absolute atomic E-state index is 0.133. The molecule has 0 saturated heterocycles. The van der Waals surface area contributed by atoms with Gasteiger partial charge < -0.3 is 20.9 Å². The van der Waals surface area contributed by atoms with Gasteiger partial charge in [-0.2, -0.15) is 13.2 Å². The van der Waals surface area contributed by atoms with Crippen LogP contribution >= 0.6 is 0 Å². The molecule has 1 aliphatic carbocycles. The molecule has 34 heavy (non-hydrogen) atoms. The van der Waals surface area contributed by atoms with Crippen LogP contribution in [-0.2, 0) is 14.3 Å². The SMILES string of the molecule is C[C@H](N)C(=O)OCCCCNc1cccc2c1C(=O)c1ccccc1C2=O.O=C(O)C(F)(F)F. The highest BCUT2D eigenvalue weighted by Gasteiger charge is 2.38. The summed E-state index contributed by atoms with van der Waals surface area (Å²) >= 11 is 0. The number of rotatable bonds is 7. The highest BCUT2D eigenvalue weighted by molar-refractivity contribution is 6.30. The number of carbonyl (C=O) groups excluding carboxylic acids is 3. The van der Waals surface area contributed by atoms with Gasteiger partial charge in [-0.1, -0.05) is 36.4 Å². The van der Waals surface area contributed by atoms with Crippen molar-refractivity contribution < 1.29 is 42.2 Å². The van der Waals surface area contributed by atoms with Gasteiger partial charge in [0.1, 0.15) is 6.04 Å². The quantitative estimate of drug-likeness (QED) is 0.347. The van der Waals surface area contributed by atoms with E-state index in [1.165, 1.54) is 0 Å². The van der Waals surface area contributed by atoms with Crippen LogP contribution in [0.15, 0.2) is 42.5 Å². The monoisotopic (exact) mass is 480 g/mol. The number of carbonyl (C=O) groups is 4. The third-order valence-electron chi connectivity index (χ3n) is 4.70. The number of ketones is 2. The summed E-state index contributed by atoms with van der Waals surface area (Å²) in [5.74, 6) is -3.45. The third-order valence-corrected chi connectivity index (χ3v) is 4.70. The van der Waals surface area contributed by atoms with Crippen LogP contribution in [0.25, 0.3) is 0 Å². The van der Waals surface area contributed by atoms with E-state index in [0.29, 0.717) is 47.5 Å². The lowest BCUT2D eigenvalue weighted by molar-refractivity contribution is -0.192. The van der Waals surface area contributed by atoms with Gasteiger partial charge >= 0.3 is 18.1 Å². The Hall–Kier alpha value is -3.73. The molecule has 4 N–H and O–H groups in total. The van der Waals surface area contributed by atoms with Crippen LogP contribution in [0.4, 0.5) is 18.9 Å². The Balaban J connectivity index is 0.000000509. The lowest BCUT2D eigenvalue weighted by Crippen LogP contribution is -2.29. The van der Waals surface area contributed by atoms with Crippen molar-refractivity contribution in [3.8, 4) is 0 Å². The predicted molar refractivity (Wildman–Crippen MR) is 116 cm³/mol. The zero-order valence-electron chi connectivity index (χ0n) is 18.1. The Morgan fingerprint density at radius 1 is 1.00 bits per heavy atom. The number of nitrogens with two attached hydrogens (primary N) is 1. The maximum Gasteiger partial charge on any atom is 0.490 e. The molecule has 0 amide bonds. The minimum Gasteiger partial charge on any atom is -0.475 e. The fraction of sp³-hybridized carbons (Fsp3) is 0.304. The maximum atomic E-state index is 12.9. The summed E-state index contributed by atoms with van der Waals surface area (Å²) in [4.78, 5) is 45.8. The van der Waals surface area contributed by atoms with E-state index in [2.05, 4.69) is 5.32 Å². The van der Waals surface area contributed by atoms with E-state index in [0.717, 1.165) is 6.42 Å². The molecule has 1 aliphatic rings. The Bertz CT molecular complexity index is 1080. The topological polar surface area (TPSA) is 136 Å². The van der Waals surface area contributed by atoms with Gasteiger partial charge in [0.15, 0.2) is 11.6 Å². The van der Waals surface area contributed by atoms with Crippen LogP contribution in [0.1, 0.15) is 51.6 Å². The molecule has 0 fully saturated rings. The number of fused-ring (bicyclic) bond motifs is 2. The van der Waals surface area contributed by atoms with Crippen molar-refractivity contribution in [1.29, 1.82) is 0 Å². The summed E-state index contributed by atoms with van der Waals surface area (Å²) in [6.07, 6.45) is -3.66. The number of aliphatic carboxylic acids is 1. The fourth-order valence-electron chi connectivity index (χ4n) is 3.05. The van der Waals surface area contributed by atoms with E-state index in [9.17, 15) is 27.6 Å². The largest absolute Gasteiger partial charge is 0.490 e. The van der Waals surface area contributed by atoms with E-state index in [-0.39, 0.29) is 11.6 Å². The number of benzene rings is 2. The van der Waals surface area contributed by atoms with Crippen molar-refractivity contribution in [2.24, 2.45) is 5.73 Å². The number of carboxylic acid groups (broad SMARTS) is 1. The van der Waals surface area contributed by atoms with E-state index in [4.69, 9.17) is 20.4 Å². The van der Waals surface area contributed by atoms with Gasteiger partial charge in [-0.15, -0.1) is 0 Å². The first kappa shape index (κ1) is 26.5. The lowest BCUT2D eigenvalue weighted by Gasteiger charge is -2.20. The van der Waals surface area contributed by atoms with Crippen LogP contribution in [0.3, 0.4) is 0 Å². The summed E-state index contributed by atoms with van der Waals surface area (Å²) in [7, 11) is 0. The fourth-order valence-corrected chi connectivity index (χ4v) is 3.05. The molecule has 0 bridgehead atoms. The molecule has 182 valence electrons. The summed E-state index contributed by atoms with van der Waals surface area (Å²) in [6.45, 7) is 2.48. The number of hydrogen-bond donors (Lipinski definition) is 3. The Labute approximate surface area is 192 Å². The molecular weight excluding hydrogens is 457 g/mol. The molecule has 0 radical (unpaired) electrons. The summed E-state index contributed by atoms with van der Waals surface area (Å²) < 4.78 is 36.8. The van der Waals surface area contributed by atoms with E-state index in [1.807, 2.05) is 0 Å². The Morgan fingerprint density at radius 3 is 2.12 bits per heavy atom. The van der Waals surface area contributed by atoms with Crippen molar-refractivity contribution >= 4 is 29.2 Å². The molecule has 11 heteroatoms. The number of unbranched alkanes of at least 4 members (excludes halogenated alkanes) is 1. The minimum atomic E-state index is -5.08. The van der Waals surface area contributed by atoms with Crippen LogP contribution < -0.4 is 11.1 Å². The van der Waals surface area contributed by atoms with Crippen molar-refractivity contribution in [3.05, 3.63) is 64.7 Å². The first-order valence-electron chi connectivity index (χ1n) is 10.2. The Kier molecular flexibility index (Phi) is 8.90. The maximum absolute atomic E-state index is 12.9. The van der Waals surface area contributed by atoms with Gasteiger partial charge in [0.2, 0.25) is 0 Å². The van der Waals surface area contributed by atoms with Crippen molar-refractivity contribution in [2.45, 2.75) is 32.0 Å². The van der Waals surface area contributed by atoms with Crippen LogP contribution in [-0.4, -0.2) is 54.0 Å². The number of hydrogen-bond acceptors (Lipinski definition) is 7. The van der Waals surface area contributed by atoms with Crippen molar-refractivity contribution in [1.82, 2.24) is 0 Å². The average molecular weight is 480 g/mol. The number of anilines is 1. The molecule has 8 nitrogen and oxygen atoms in total. The van der Waals surface area contributed by atoms with Crippen molar-refractivity contribution in [3.63, 3.8) is 0 Å². The van der Waals surface area contributed by atoms with Crippen LogP contribution in [0.2, 0.25) is 0 Å². The predicted octanol–water partition coefficient (Wildman–Crippen LogP) is 3.18. The molecular formula is C23H23F3N2O6. The average Bonchev–Trinajstić information content (AvgIpc) is 2.79. The van der Waals surface area contributed by atoms with E-state index in [1.54, 1.807) is 49.4 Å². The molecule has 0 saturated carbocycles. The highest BCUT2D eigenvalue weighted by Crippen LogP contribution is 2.31. The number of esters is 1. The molecule has 2 aromatic carbocycles. The standard InChI is InChI=1S/C21H22N2O4.C2HF3O2/c1-13(22)21(26)27-12-5-4-11-23-17-10-6-9-16-18(17)20(25)15-8-3-2-7-14(15)19(16)24;3-2(4,5)1(6)7/h2-3,6-10,13,23H,4-5,11-12,22H2,1H3;(H,6,7)/t13-;/m0./s1. The zero-order chi connectivity index (χ0) is 25.5. The molecule has 0 aromatic heterocycles. The number of nitrogens with one attached hydrogen (secondary N) is 1. The summed E-state index contributed by atoms with van der Waals surface area (Å²) in [5.41, 5.74) is 7.81. The van der Waals surface area contributed by atoms with Gasteiger partial charge in [0.25, 0.3) is 0 Å². The first-order chi connectivity index (χ1) is 15.9. The summed E-state index contributed by atoms with van der Waals surface area (Å²) in [5, 5.41) is 10.4. The molecule has 0 unspecified atom stereocenters. The van der Waals surface area contributed by atoms with Crippen molar-refractivity contribution in [2.75, 3.05) is 18.5 Å². The normalized spacial score (nSPS) is 13.1. The first-order valence-corrected chi connectivity index (χ1v) is 10.2. The highest BCUT2D eigenvalue weighted by atomic mass is 19.4. The van der Waals surface area contributed by atoms with E-state index >= 15 is 0 Å². The second-order valence-electron chi connectivity index (χ2n) is 7.32. The van der Waals surface area contributed by atoms with Gasteiger partial charge in [-0.25, -0.2) is 4.79 Å². The van der Waals surface area contributed by atoms with Crippen LogP contribution in [0, 0.1) is 0 Å². The second-order valence-corrected chi connectivity index (χ2v) is 7.32. The van der Waals surface area contributed by atoms with E-state index < -0.39 is 24.2 Å². The van der Waals surface area contributed by atoms with Crippen LogP contribution in [0.5, 0.6) is 0 Å². The molecule has 2 aromatic rings. The molecule has 3 rings (SSSR count). The lowest BCUT2D eigenvalue weighted by atomic mass is 9.83. The number of halogens is 3. The van der Waals surface area contributed by atoms with Gasteiger partial charge in [-0.3, -0.25) is 14.4 Å². The number of ether oxygens (including phenoxy) is 1. The van der Waals surface area contributed by atoms with Gasteiger partial charge in [0, 0.05) is 28.9 Å². The molecule has 0 spiro atoms. The summed E-state index contributed by atoms with van der Waals surface area (Å²) in [6, 6.07) is 11.5. The molecule has 0 heterocycles. The third kappa shape index (κ3) is 6.64. The van der Waals surface area contributed by atoms with Gasteiger partial charge in [0.05, 0.1) is 12.2 Å². The Morgan fingerprint density at radius 2 is 1.56 bits per heavy atom. The smallest absolute Gasteiger partial charge is 0.475 e.